The molecule has 2 aliphatic carbocycles. The number of fused-ring (bicyclic) bond motifs is 2. The highest BCUT2D eigenvalue weighted by Gasteiger charge is 2.67. The molecule has 2 bridgehead atoms. The summed E-state index contributed by atoms with van der Waals surface area (Å²) in [6.07, 6.45) is 4.35. The Morgan fingerprint density at radius 3 is 2.24 bits per heavy atom. The van der Waals surface area contributed by atoms with Gasteiger partial charge in [0.05, 0.1) is 5.92 Å². The minimum absolute atomic E-state index is 0. The van der Waals surface area contributed by atoms with Gasteiger partial charge in [-0.3, -0.25) is 4.79 Å². The van der Waals surface area contributed by atoms with Crippen LogP contribution in [0.4, 0.5) is 29.5 Å². The molecule has 0 spiro atoms. The van der Waals surface area contributed by atoms with E-state index in [1.165, 1.54) is 0 Å². The zero-order valence-electron chi connectivity index (χ0n) is 12.5. The van der Waals surface area contributed by atoms with Crippen molar-refractivity contribution in [3.63, 3.8) is 0 Å². The van der Waals surface area contributed by atoms with E-state index < -0.39 is 44.5 Å². The molecule has 0 heterocycles. The van der Waals surface area contributed by atoms with Crippen molar-refractivity contribution >= 4 is 34.2 Å². The van der Waals surface area contributed by atoms with Gasteiger partial charge < -0.3 is 11.1 Å². The molecule has 0 radical (unpaired) electrons. The van der Waals surface area contributed by atoms with Gasteiger partial charge in [-0.2, -0.15) is 0 Å². The summed E-state index contributed by atoms with van der Waals surface area (Å²) in [5, 5.41) is 2.14. The Labute approximate surface area is 145 Å². The minimum Gasteiger partial charge on any atom is -0.326 e. The van der Waals surface area contributed by atoms with Crippen molar-refractivity contribution < 1.29 is 28.6 Å². The van der Waals surface area contributed by atoms with E-state index >= 15 is 0 Å². The van der Waals surface area contributed by atoms with Crippen molar-refractivity contribution in [2.24, 2.45) is 23.5 Å². The fourth-order valence-corrected chi connectivity index (χ4v) is 4.12. The molecular weight excluding hydrogens is 394 g/mol. The van der Waals surface area contributed by atoms with E-state index in [0.717, 1.165) is 6.07 Å². The summed E-state index contributed by atoms with van der Waals surface area (Å²) in [6.45, 7) is 0. The molecule has 2 aliphatic rings. The molecule has 3 N–H and O–H groups in total. The smallest absolute Gasteiger partial charge is 0.313 e. The number of benzene rings is 1. The molecule has 1 aromatic rings. The van der Waals surface area contributed by atoms with Gasteiger partial charge in [-0.1, -0.05) is 31.6 Å². The number of rotatable bonds is 3. The molecule has 142 valence electrons. The number of hydrogen-bond acceptors (Lipinski definition) is 2. The van der Waals surface area contributed by atoms with E-state index in [-0.39, 0.29) is 36.4 Å². The molecule has 0 aliphatic heterocycles. The summed E-state index contributed by atoms with van der Waals surface area (Å²) in [6, 6.07) is 0.484. The Morgan fingerprint density at radius 2 is 1.72 bits per heavy atom. The summed E-state index contributed by atoms with van der Waals surface area (Å²) >= 11 is 0. The molecule has 0 aromatic heterocycles. The number of carbonyl (C=O) groups is 1. The maximum atomic E-state index is 13.3. The van der Waals surface area contributed by atoms with Gasteiger partial charge in [-0.05, 0) is 36.5 Å². The second kappa shape index (κ2) is 5.31. The maximum Gasteiger partial charge on any atom is 0.313 e. The average molecular weight is 409 g/mol. The van der Waals surface area contributed by atoms with Crippen LogP contribution in [0, 0.1) is 23.6 Å². The van der Waals surface area contributed by atoms with Gasteiger partial charge in [0.15, 0.2) is 0 Å². The monoisotopic (exact) mass is 408 g/mol. The summed E-state index contributed by atoms with van der Waals surface area (Å²) < 4.78 is 77.4. The molecule has 1 fully saturated rings. The summed E-state index contributed by atoms with van der Waals surface area (Å²) in [5.74, 6) is -3.54. The average Bonchev–Trinajstić information content (AvgIpc) is 2.98. The van der Waals surface area contributed by atoms with Crippen LogP contribution in [0.5, 0.6) is 0 Å². The van der Waals surface area contributed by atoms with Crippen LogP contribution in [0.2, 0.25) is 0 Å². The van der Waals surface area contributed by atoms with Crippen molar-refractivity contribution in [1.82, 2.24) is 0 Å². The lowest BCUT2D eigenvalue weighted by atomic mass is 9.88. The van der Waals surface area contributed by atoms with E-state index in [9.17, 15) is 28.6 Å². The predicted octanol–water partition coefficient (Wildman–Crippen LogP) is 4.99. The van der Waals surface area contributed by atoms with Crippen LogP contribution in [0.3, 0.4) is 0 Å². The quantitative estimate of drug-likeness (QED) is 0.546. The third kappa shape index (κ3) is 3.75. The second-order valence-electron chi connectivity index (χ2n) is 6.15. The van der Waals surface area contributed by atoms with Crippen molar-refractivity contribution in [2.75, 3.05) is 5.32 Å². The third-order valence-corrected chi connectivity index (χ3v) is 5.58. The highest BCUT2D eigenvalue weighted by molar-refractivity contribution is 8.45. The number of amides is 1. The molecule has 25 heavy (non-hydrogen) atoms. The minimum atomic E-state index is -10.2. The first-order chi connectivity index (χ1) is 10.8. The molecule has 3 rings (SSSR count). The molecule has 1 aromatic carbocycles. The molecule has 0 unspecified atom stereocenters. The van der Waals surface area contributed by atoms with Gasteiger partial charge >= 0.3 is 10.2 Å². The van der Waals surface area contributed by atoms with E-state index in [4.69, 9.17) is 5.73 Å². The Bertz CT molecular complexity index is 754. The van der Waals surface area contributed by atoms with E-state index in [0.29, 0.717) is 6.42 Å². The Balaban J connectivity index is 0.00000225. The van der Waals surface area contributed by atoms with E-state index in [2.05, 4.69) is 5.32 Å². The number of nitrogens with one attached hydrogen (secondary N) is 1. The zero-order chi connectivity index (χ0) is 18.0. The molecule has 4 atom stereocenters. The molecule has 3 nitrogen and oxygen atoms in total. The van der Waals surface area contributed by atoms with Crippen LogP contribution in [0.15, 0.2) is 35.2 Å². The number of anilines is 1. The first kappa shape index (κ1) is 19.9. The van der Waals surface area contributed by atoms with Gasteiger partial charge in [0.25, 0.3) is 0 Å². The highest BCUT2D eigenvalue weighted by atomic mass is 35.5. The number of hydrogen-bond donors (Lipinski definition) is 2. The zero-order valence-corrected chi connectivity index (χ0v) is 14.1. The SMILES string of the molecule is Cl.N[C@H]1[C@@H](C(=O)Nc2ccc(F)c(S(F)(F)(F)(F)F)c2)[C@@H]2C=C[C@H]1C2. The first-order valence-corrected chi connectivity index (χ1v) is 9.00. The fourth-order valence-electron chi connectivity index (χ4n) is 3.33. The Morgan fingerprint density at radius 1 is 1.12 bits per heavy atom. The fraction of sp³-hybridized carbons (Fsp3) is 0.357. The van der Waals surface area contributed by atoms with E-state index in [1.54, 1.807) is 0 Å². The Kier molecular flexibility index (Phi) is 4.23. The lowest BCUT2D eigenvalue weighted by Crippen LogP contribution is -2.41. The van der Waals surface area contributed by atoms with Gasteiger partial charge in [-0.25, -0.2) is 4.39 Å². The van der Waals surface area contributed by atoms with Gasteiger partial charge in [0, 0.05) is 11.7 Å². The van der Waals surface area contributed by atoms with Crippen molar-refractivity contribution in [3.8, 4) is 0 Å². The van der Waals surface area contributed by atoms with Crippen molar-refractivity contribution in [2.45, 2.75) is 17.4 Å². The number of nitrogens with two attached hydrogens (primary N) is 1. The van der Waals surface area contributed by atoms with Gasteiger partial charge in [0.2, 0.25) is 5.91 Å². The second-order valence-corrected chi connectivity index (χ2v) is 8.53. The molecule has 1 amide bonds. The third-order valence-electron chi connectivity index (χ3n) is 4.44. The van der Waals surface area contributed by atoms with Crippen LogP contribution in [0.25, 0.3) is 0 Å². The summed E-state index contributed by atoms with van der Waals surface area (Å²) in [5.41, 5.74) is 5.37. The normalized spacial score (nSPS) is 30.4. The predicted molar refractivity (Wildman–Crippen MR) is 85.9 cm³/mol. The summed E-state index contributed by atoms with van der Waals surface area (Å²) in [4.78, 5) is 9.59. The summed E-state index contributed by atoms with van der Waals surface area (Å²) in [7, 11) is -10.2. The van der Waals surface area contributed by atoms with Crippen LogP contribution in [-0.2, 0) is 4.79 Å². The lowest BCUT2D eigenvalue weighted by molar-refractivity contribution is -0.120. The molecule has 1 saturated carbocycles. The van der Waals surface area contributed by atoms with Crippen LogP contribution in [0.1, 0.15) is 6.42 Å². The maximum absolute atomic E-state index is 13.3. The molecule has 11 heteroatoms. The van der Waals surface area contributed by atoms with Crippen LogP contribution in [-0.4, -0.2) is 11.9 Å². The number of halogens is 7. The Hall–Kier alpha value is -1.39. The van der Waals surface area contributed by atoms with Crippen molar-refractivity contribution in [3.05, 3.63) is 36.2 Å². The largest absolute Gasteiger partial charge is 0.326 e. The highest BCUT2D eigenvalue weighted by Crippen LogP contribution is 3.02. The topological polar surface area (TPSA) is 55.1 Å². The van der Waals surface area contributed by atoms with Gasteiger partial charge in [0.1, 0.15) is 10.7 Å². The first-order valence-electron chi connectivity index (χ1n) is 7.05. The van der Waals surface area contributed by atoms with E-state index in [1.807, 2.05) is 12.2 Å². The van der Waals surface area contributed by atoms with Crippen molar-refractivity contribution in [1.29, 1.82) is 0 Å². The molecular formula is C14H15ClF6N2OS. The number of carbonyl (C=O) groups excluding carboxylic acids is 1. The number of allylic oxidation sites excluding steroid dienone is 1. The molecule has 0 saturated heterocycles. The van der Waals surface area contributed by atoms with Gasteiger partial charge in [-0.15, -0.1) is 12.4 Å². The van der Waals surface area contributed by atoms with Crippen LogP contribution >= 0.6 is 22.6 Å². The standard InChI is InChI=1S/C14H14F6N2OS.ClH/c15-10-4-3-9(6-11(10)24(16,17,18,19)20)22-14(23)12-7-1-2-8(5-7)13(12)21;/h1-4,6-8,12-13H,5,21H2,(H,22,23);1H/t7-,8+,12+,13-;/m1./s1. The lowest BCUT2D eigenvalue weighted by Gasteiger charge is -2.40. The van der Waals surface area contributed by atoms with Crippen LogP contribution < -0.4 is 11.1 Å².